The molecule has 1 amide bonds. The lowest BCUT2D eigenvalue weighted by Gasteiger charge is -2.05. The number of nitrogens with one attached hydrogen (secondary N) is 1. The number of carbonyl (C=O) groups excluding carboxylic acids is 1. The van der Waals surface area contributed by atoms with Crippen LogP contribution in [0.3, 0.4) is 0 Å². The number of aromatic nitrogens is 1. The predicted molar refractivity (Wildman–Crippen MR) is 105 cm³/mol. The van der Waals surface area contributed by atoms with Gasteiger partial charge < -0.3 is 5.32 Å². The smallest absolute Gasteiger partial charge is 0.294 e. The van der Waals surface area contributed by atoms with Gasteiger partial charge in [0, 0.05) is 22.0 Å². The SMILES string of the molecule is O=C(CSc1nc(-c2ccccc2)cs1)Nc1ccc(Cl)cc1[N+](=O)[O-]. The van der Waals surface area contributed by atoms with Gasteiger partial charge in [0.05, 0.1) is 16.4 Å². The van der Waals surface area contributed by atoms with Crippen LogP contribution in [0.2, 0.25) is 5.02 Å². The third-order valence-electron chi connectivity index (χ3n) is 3.31. The lowest BCUT2D eigenvalue weighted by atomic mass is 10.2. The molecule has 3 rings (SSSR count). The summed E-state index contributed by atoms with van der Waals surface area (Å²) in [6.45, 7) is 0. The zero-order valence-corrected chi connectivity index (χ0v) is 15.6. The van der Waals surface area contributed by atoms with E-state index in [1.54, 1.807) is 0 Å². The highest BCUT2D eigenvalue weighted by Crippen LogP contribution is 2.30. The molecule has 0 fully saturated rings. The average molecular weight is 406 g/mol. The number of hydrogen-bond donors (Lipinski definition) is 1. The number of nitro benzene ring substituents is 1. The van der Waals surface area contributed by atoms with E-state index in [1.807, 2.05) is 35.7 Å². The lowest BCUT2D eigenvalue weighted by molar-refractivity contribution is -0.383. The van der Waals surface area contributed by atoms with Crippen molar-refractivity contribution in [2.45, 2.75) is 4.34 Å². The number of nitro groups is 1. The number of nitrogens with zero attached hydrogens (tertiary/aromatic N) is 2. The number of halogens is 1. The predicted octanol–water partition coefficient (Wildman–Crippen LogP) is 5.10. The quantitative estimate of drug-likeness (QED) is 0.350. The highest BCUT2D eigenvalue weighted by Gasteiger charge is 2.17. The lowest BCUT2D eigenvalue weighted by Crippen LogP contribution is -2.15. The number of rotatable bonds is 6. The molecule has 1 aromatic heterocycles. The summed E-state index contributed by atoms with van der Waals surface area (Å²) in [5, 5.41) is 15.8. The van der Waals surface area contributed by atoms with Crippen LogP contribution in [0, 0.1) is 10.1 Å². The van der Waals surface area contributed by atoms with Crippen molar-refractivity contribution in [1.29, 1.82) is 0 Å². The van der Waals surface area contributed by atoms with Crippen molar-refractivity contribution in [2.24, 2.45) is 0 Å². The van der Waals surface area contributed by atoms with E-state index in [0.29, 0.717) is 0 Å². The first kappa shape index (κ1) is 18.4. The van der Waals surface area contributed by atoms with Crippen molar-refractivity contribution in [3.05, 3.63) is 69.0 Å². The maximum absolute atomic E-state index is 12.1. The second-order valence-corrected chi connectivity index (χ2v) is 7.64. The number of benzene rings is 2. The van der Waals surface area contributed by atoms with E-state index in [1.165, 1.54) is 41.3 Å². The normalized spacial score (nSPS) is 10.5. The van der Waals surface area contributed by atoms with Gasteiger partial charge in [-0.25, -0.2) is 4.98 Å². The molecular weight excluding hydrogens is 394 g/mol. The third kappa shape index (κ3) is 4.60. The first-order chi connectivity index (χ1) is 12.5. The van der Waals surface area contributed by atoms with Crippen LogP contribution in [-0.2, 0) is 4.79 Å². The van der Waals surface area contributed by atoms with Crippen molar-refractivity contribution in [3.8, 4) is 11.3 Å². The average Bonchev–Trinajstić information content (AvgIpc) is 3.11. The molecule has 0 aliphatic heterocycles. The van der Waals surface area contributed by atoms with Crippen LogP contribution >= 0.6 is 34.7 Å². The molecule has 0 saturated carbocycles. The number of amides is 1. The van der Waals surface area contributed by atoms with Gasteiger partial charge in [-0.1, -0.05) is 53.7 Å². The molecule has 1 heterocycles. The topological polar surface area (TPSA) is 85.1 Å². The summed E-state index contributed by atoms with van der Waals surface area (Å²) >= 11 is 8.49. The van der Waals surface area contributed by atoms with Gasteiger partial charge in [0.15, 0.2) is 4.34 Å². The van der Waals surface area contributed by atoms with Gasteiger partial charge in [-0.05, 0) is 12.1 Å². The minimum Gasteiger partial charge on any atom is -0.320 e. The van der Waals surface area contributed by atoms with Crippen LogP contribution in [0.5, 0.6) is 0 Å². The van der Waals surface area contributed by atoms with Gasteiger partial charge in [-0.15, -0.1) is 11.3 Å². The van der Waals surface area contributed by atoms with Crippen LogP contribution in [0.1, 0.15) is 0 Å². The zero-order chi connectivity index (χ0) is 18.5. The summed E-state index contributed by atoms with van der Waals surface area (Å²) in [5.74, 6) is -0.251. The fourth-order valence-corrected chi connectivity index (χ4v) is 3.94. The summed E-state index contributed by atoms with van der Waals surface area (Å²) in [7, 11) is 0. The maximum Gasteiger partial charge on any atom is 0.294 e. The van der Waals surface area contributed by atoms with Crippen molar-refractivity contribution in [1.82, 2.24) is 4.98 Å². The Morgan fingerprint density at radius 1 is 1.27 bits per heavy atom. The van der Waals surface area contributed by atoms with E-state index < -0.39 is 4.92 Å². The summed E-state index contributed by atoms with van der Waals surface area (Å²) in [5.41, 5.74) is 1.74. The number of carbonyl (C=O) groups is 1. The standard InChI is InChI=1S/C17H12ClN3O3S2/c18-12-6-7-13(15(8-12)21(23)24)19-16(22)10-26-17-20-14(9-25-17)11-4-2-1-3-5-11/h1-9H,10H2,(H,19,22). The second-order valence-electron chi connectivity index (χ2n) is 5.12. The molecule has 0 atom stereocenters. The molecule has 0 bridgehead atoms. The summed E-state index contributed by atoms with van der Waals surface area (Å²) in [4.78, 5) is 27.1. The fourth-order valence-electron chi connectivity index (χ4n) is 2.14. The minimum absolute atomic E-state index is 0.0987. The molecule has 0 aliphatic rings. The van der Waals surface area contributed by atoms with Gasteiger partial charge in [-0.3, -0.25) is 14.9 Å². The number of thiazole rings is 1. The summed E-state index contributed by atoms with van der Waals surface area (Å²) in [6.07, 6.45) is 0. The van der Waals surface area contributed by atoms with Crippen LogP contribution in [0.25, 0.3) is 11.3 Å². The molecule has 9 heteroatoms. The van der Waals surface area contributed by atoms with Crippen LogP contribution in [-0.4, -0.2) is 21.6 Å². The van der Waals surface area contributed by atoms with Crippen LogP contribution in [0.4, 0.5) is 11.4 Å². The maximum atomic E-state index is 12.1. The minimum atomic E-state index is -0.582. The second kappa shape index (κ2) is 8.31. The third-order valence-corrected chi connectivity index (χ3v) is 5.57. The van der Waals surface area contributed by atoms with Crippen LogP contribution in [0.15, 0.2) is 58.3 Å². The summed E-state index contributed by atoms with van der Waals surface area (Å²) < 4.78 is 0.754. The molecule has 0 spiro atoms. The van der Waals surface area contributed by atoms with Gasteiger partial charge in [0.25, 0.3) is 5.69 Å². The Morgan fingerprint density at radius 3 is 2.77 bits per heavy atom. The van der Waals surface area contributed by atoms with Gasteiger partial charge in [0.1, 0.15) is 5.69 Å². The Balaban J connectivity index is 1.62. The molecule has 0 saturated heterocycles. The van der Waals surface area contributed by atoms with E-state index in [4.69, 9.17) is 11.6 Å². The van der Waals surface area contributed by atoms with Crippen molar-refractivity contribution < 1.29 is 9.72 Å². The molecule has 3 aromatic rings. The van der Waals surface area contributed by atoms with E-state index >= 15 is 0 Å². The fraction of sp³-hybridized carbons (Fsp3) is 0.0588. The number of hydrogen-bond acceptors (Lipinski definition) is 6. The van der Waals surface area contributed by atoms with Gasteiger partial charge >= 0.3 is 0 Å². The first-order valence-corrected chi connectivity index (χ1v) is 9.65. The van der Waals surface area contributed by atoms with E-state index in [9.17, 15) is 14.9 Å². The Labute approximate surface area is 162 Å². The van der Waals surface area contributed by atoms with E-state index in [2.05, 4.69) is 10.3 Å². The molecular formula is C17H12ClN3O3S2. The van der Waals surface area contributed by atoms with Crippen molar-refractivity contribution >= 4 is 52.0 Å². The Hall–Kier alpha value is -2.42. The van der Waals surface area contributed by atoms with E-state index in [-0.39, 0.29) is 28.1 Å². The molecule has 6 nitrogen and oxygen atoms in total. The molecule has 26 heavy (non-hydrogen) atoms. The molecule has 1 N–H and O–H groups in total. The largest absolute Gasteiger partial charge is 0.320 e. The monoisotopic (exact) mass is 405 g/mol. The van der Waals surface area contributed by atoms with Crippen LogP contribution < -0.4 is 5.32 Å². The molecule has 0 aliphatic carbocycles. The molecule has 0 radical (unpaired) electrons. The Bertz CT molecular complexity index is 947. The highest BCUT2D eigenvalue weighted by molar-refractivity contribution is 8.01. The summed E-state index contributed by atoms with van der Waals surface area (Å²) in [6, 6.07) is 13.9. The van der Waals surface area contributed by atoms with E-state index in [0.717, 1.165) is 15.6 Å². The zero-order valence-electron chi connectivity index (χ0n) is 13.2. The molecule has 0 unspecified atom stereocenters. The number of thioether (sulfide) groups is 1. The molecule has 2 aromatic carbocycles. The van der Waals surface area contributed by atoms with Gasteiger partial charge in [-0.2, -0.15) is 0 Å². The number of anilines is 1. The highest BCUT2D eigenvalue weighted by atomic mass is 35.5. The Kier molecular flexibility index (Phi) is 5.87. The first-order valence-electron chi connectivity index (χ1n) is 7.40. The van der Waals surface area contributed by atoms with Gasteiger partial charge in [0.2, 0.25) is 5.91 Å². The van der Waals surface area contributed by atoms with Crippen molar-refractivity contribution in [3.63, 3.8) is 0 Å². The van der Waals surface area contributed by atoms with Crippen molar-refractivity contribution in [2.75, 3.05) is 11.1 Å². The molecule has 132 valence electrons. The Morgan fingerprint density at radius 2 is 2.04 bits per heavy atom.